The lowest BCUT2D eigenvalue weighted by Gasteiger charge is -2.32. The van der Waals surface area contributed by atoms with E-state index >= 15 is 0 Å². The van der Waals surface area contributed by atoms with Crippen LogP contribution in [0.1, 0.15) is 26.7 Å². The minimum absolute atomic E-state index is 0.345. The molecular formula is C12H23N3O3. The molecule has 2 amide bonds. The molecule has 1 aliphatic heterocycles. The van der Waals surface area contributed by atoms with Gasteiger partial charge in [0.05, 0.1) is 0 Å². The summed E-state index contributed by atoms with van der Waals surface area (Å²) in [5.41, 5.74) is -1.20. The van der Waals surface area contributed by atoms with E-state index in [1.165, 1.54) is 25.8 Å². The van der Waals surface area contributed by atoms with Crippen LogP contribution in [0.15, 0.2) is 0 Å². The quantitative estimate of drug-likeness (QED) is 0.773. The summed E-state index contributed by atoms with van der Waals surface area (Å²) in [5.74, 6) is -1.02. The predicted octanol–water partition coefficient (Wildman–Crippen LogP) is 0.585. The summed E-state index contributed by atoms with van der Waals surface area (Å²) < 4.78 is 0. The largest absolute Gasteiger partial charge is 0.480 e. The maximum absolute atomic E-state index is 11.9. The van der Waals surface area contributed by atoms with E-state index < -0.39 is 11.5 Å². The number of amides is 2. The molecule has 0 aromatic rings. The Labute approximate surface area is 108 Å². The maximum atomic E-state index is 11.9. The lowest BCUT2D eigenvalue weighted by atomic mass is 10.1. The van der Waals surface area contributed by atoms with Crippen LogP contribution in [0.5, 0.6) is 0 Å². The van der Waals surface area contributed by atoms with Crippen molar-refractivity contribution >= 4 is 12.0 Å². The van der Waals surface area contributed by atoms with E-state index in [1.807, 2.05) is 7.05 Å². The van der Waals surface area contributed by atoms with Gasteiger partial charge in [0.15, 0.2) is 0 Å². The molecule has 1 unspecified atom stereocenters. The van der Waals surface area contributed by atoms with Gasteiger partial charge in [-0.25, -0.2) is 9.59 Å². The summed E-state index contributed by atoms with van der Waals surface area (Å²) >= 11 is 0. The molecule has 1 atom stereocenters. The van der Waals surface area contributed by atoms with Gasteiger partial charge >= 0.3 is 12.0 Å². The smallest absolute Gasteiger partial charge is 0.329 e. The number of carbonyl (C=O) groups is 2. The zero-order chi connectivity index (χ0) is 13.9. The molecule has 104 valence electrons. The van der Waals surface area contributed by atoms with Crippen molar-refractivity contribution in [3.8, 4) is 0 Å². The molecule has 0 spiro atoms. The van der Waals surface area contributed by atoms with Gasteiger partial charge in [0.1, 0.15) is 5.54 Å². The van der Waals surface area contributed by atoms with Crippen molar-refractivity contribution in [3.05, 3.63) is 0 Å². The molecule has 6 heteroatoms. The molecule has 1 saturated heterocycles. The Balaban J connectivity index is 2.48. The summed E-state index contributed by atoms with van der Waals surface area (Å²) in [5, 5.41) is 11.9. The first-order valence-corrected chi connectivity index (χ1v) is 6.22. The van der Waals surface area contributed by atoms with Gasteiger partial charge in [-0.15, -0.1) is 0 Å². The number of carboxylic acids is 1. The van der Waals surface area contributed by atoms with Crippen LogP contribution >= 0.6 is 0 Å². The van der Waals surface area contributed by atoms with Crippen LogP contribution in [-0.4, -0.2) is 65.7 Å². The minimum atomic E-state index is -1.20. The fourth-order valence-corrected chi connectivity index (χ4v) is 1.96. The van der Waals surface area contributed by atoms with Crippen LogP contribution in [0.4, 0.5) is 4.79 Å². The number of carboxylic acid groups (broad SMARTS) is 1. The molecule has 0 bridgehead atoms. The number of nitrogens with zero attached hydrogens (tertiary/aromatic N) is 2. The van der Waals surface area contributed by atoms with Crippen LogP contribution in [0, 0.1) is 0 Å². The van der Waals surface area contributed by atoms with Crippen molar-refractivity contribution < 1.29 is 14.7 Å². The van der Waals surface area contributed by atoms with E-state index in [-0.39, 0.29) is 6.03 Å². The molecule has 1 heterocycles. The third kappa shape index (κ3) is 3.13. The van der Waals surface area contributed by atoms with Crippen molar-refractivity contribution in [1.82, 2.24) is 15.1 Å². The molecule has 18 heavy (non-hydrogen) atoms. The first-order valence-electron chi connectivity index (χ1n) is 6.22. The molecule has 0 aliphatic carbocycles. The second-order valence-corrected chi connectivity index (χ2v) is 5.39. The van der Waals surface area contributed by atoms with Gasteiger partial charge in [0.2, 0.25) is 0 Å². The number of likely N-dealkylation sites (tertiary alicyclic amines) is 1. The second kappa shape index (κ2) is 5.56. The molecule has 1 rings (SSSR count). The summed E-state index contributed by atoms with van der Waals surface area (Å²) in [7, 11) is 3.54. The van der Waals surface area contributed by atoms with Crippen molar-refractivity contribution in [3.63, 3.8) is 0 Å². The van der Waals surface area contributed by atoms with Crippen LogP contribution < -0.4 is 5.32 Å². The first-order chi connectivity index (χ1) is 8.26. The standard InChI is InChI=1S/C12H23N3O3/c1-12(2,10(16)17)15(4)11(18)13-8-9-6-5-7-14(9)3/h9H,5-8H2,1-4H3,(H,13,18)(H,16,17). The molecule has 0 aromatic carbocycles. The Kier molecular flexibility index (Phi) is 4.56. The normalized spacial score (nSPS) is 20.8. The van der Waals surface area contributed by atoms with Gasteiger partial charge in [-0.3, -0.25) is 0 Å². The molecule has 0 radical (unpaired) electrons. The third-order valence-electron chi connectivity index (χ3n) is 3.83. The zero-order valence-electron chi connectivity index (χ0n) is 11.6. The Morgan fingerprint density at radius 2 is 2.11 bits per heavy atom. The molecule has 0 aromatic heterocycles. The fraction of sp³-hybridized carbons (Fsp3) is 0.833. The van der Waals surface area contributed by atoms with Gasteiger partial charge in [0.25, 0.3) is 0 Å². The molecule has 1 aliphatic rings. The number of aliphatic carboxylic acids is 1. The fourth-order valence-electron chi connectivity index (χ4n) is 1.96. The molecular weight excluding hydrogens is 234 g/mol. The number of hydrogen-bond donors (Lipinski definition) is 2. The molecule has 2 N–H and O–H groups in total. The molecule has 1 fully saturated rings. The first kappa shape index (κ1) is 14.8. The van der Waals surface area contributed by atoms with Crippen LogP contribution in [-0.2, 0) is 4.79 Å². The second-order valence-electron chi connectivity index (χ2n) is 5.39. The van der Waals surface area contributed by atoms with E-state index in [9.17, 15) is 9.59 Å². The minimum Gasteiger partial charge on any atom is -0.480 e. The van der Waals surface area contributed by atoms with Crippen molar-refractivity contribution in [1.29, 1.82) is 0 Å². The highest BCUT2D eigenvalue weighted by Gasteiger charge is 2.35. The summed E-state index contributed by atoms with van der Waals surface area (Å²) in [4.78, 5) is 26.4. The topological polar surface area (TPSA) is 72.9 Å². The predicted molar refractivity (Wildman–Crippen MR) is 68.5 cm³/mol. The van der Waals surface area contributed by atoms with Crippen LogP contribution in [0.25, 0.3) is 0 Å². The lowest BCUT2D eigenvalue weighted by Crippen LogP contribution is -2.55. The summed E-state index contributed by atoms with van der Waals surface area (Å²) in [6.07, 6.45) is 2.22. The number of urea groups is 1. The van der Waals surface area contributed by atoms with Gasteiger partial charge in [-0.2, -0.15) is 0 Å². The van der Waals surface area contributed by atoms with Gasteiger partial charge in [0, 0.05) is 19.6 Å². The van der Waals surface area contributed by atoms with E-state index in [0.717, 1.165) is 19.4 Å². The van der Waals surface area contributed by atoms with Gasteiger partial charge in [-0.1, -0.05) is 0 Å². The number of rotatable bonds is 4. The third-order valence-corrected chi connectivity index (χ3v) is 3.83. The summed E-state index contributed by atoms with van der Waals surface area (Å²) in [6.45, 7) is 4.64. The van der Waals surface area contributed by atoms with Crippen molar-refractivity contribution in [2.24, 2.45) is 0 Å². The highest BCUT2D eigenvalue weighted by molar-refractivity contribution is 5.85. The van der Waals surface area contributed by atoms with E-state index in [1.54, 1.807) is 0 Å². The van der Waals surface area contributed by atoms with Crippen molar-refractivity contribution in [2.45, 2.75) is 38.3 Å². The molecule has 6 nitrogen and oxygen atoms in total. The van der Waals surface area contributed by atoms with Gasteiger partial charge in [-0.05, 0) is 40.3 Å². The SMILES string of the molecule is CN1CCCC1CNC(=O)N(C)C(C)(C)C(=O)O. The van der Waals surface area contributed by atoms with Gasteiger partial charge < -0.3 is 20.2 Å². The zero-order valence-corrected chi connectivity index (χ0v) is 11.6. The Morgan fingerprint density at radius 3 is 2.56 bits per heavy atom. The van der Waals surface area contributed by atoms with E-state index in [0.29, 0.717) is 12.6 Å². The average Bonchev–Trinajstić information content (AvgIpc) is 2.70. The summed E-state index contributed by atoms with van der Waals surface area (Å²) in [6, 6.07) is 0.0120. The average molecular weight is 257 g/mol. The monoisotopic (exact) mass is 257 g/mol. The Hall–Kier alpha value is -1.30. The number of nitrogens with one attached hydrogen (secondary N) is 1. The number of carbonyl (C=O) groups excluding carboxylic acids is 1. The van der Waals surface area contributed by atoms with E-state index in [2.05, 4.69) is 10.2 Å². The highest BCUT2D eigenvalue weighted by Crippen LogP contribution is 2.15. The maximum Gasteiger partial charge on any atom is 0.329 e. The Bertz CT molecular complexity index is 331. The highest BCUT2D eigenvalue weighted by atomic mass is 16.4. The van der Waals surface area contributed by atoms with Crippen LogP contribution in [0.2, 0.25) is 0 Å². The lowest BCUT2D eigenvalue weighted by molar-refractivity contribution is -0.146. The van der Waals surface area contributed by atoms with E-state index in [4.69, 9.17) is 5.11 Å². The Morgan fingerprint density at radius 1 is 1.50 bits per heavy atom. The molecule has 0 saturated carbocycles. The number of likely N-dealkylation sites (N-methyl/N-ethyl adjacent to an activating group) is 2. The van der Waals surface area contributed by atoms with Crippen LogP contribution in [0.3, 0.4) is 0 Å². The number of hydrogen-bond acceptors (Lipinski definition) is 3. The van der Waals surface area contributed by atoms with Crippen molar-refractivity contribution in [2.75, 3.05) is 27.2 Å².